The molecular formula is C25H18N2O5. The van der Waals surface area contributed by atoms with Crippen LogP contribution in [0.4, 0.5) is 11.4 Å². The lowest BCUT2D eigenvalue weighted by molar-refractivity contribution is -0.384. The molecule has 4 aliphatic rings. The largest absolute Gasteiger partial charge is 0.395 e. The van der Waals surface area contributed by atoms with Crippen molar-refractivity contribution in [3.8, 4) is 0 Å². The van der Waals surface area contributed by atoms with Crippen LogP contribution >= 0.6 is 0 Å². The van der Waals surface area contributed by atoms with Gasteiger partial charge in [-0.3, -0.25) is 19.7 Å². The van der Waals surface area contributed by atoms with Crippen LogP contribution in [0, 0.1) is 22.0 Å². The van der Waals surface area contributed by atoms with Gasteiger partial charge < -0.3 is 5.11 Å². The standard InChI is InChI=1S/C25H18N2O5/c28-13-25-18-7-3-1-5-16(18)20(17-6-2-4-8-19(17)25)21-22(25)24(30)26(23(21)29)14-9-11-15(12-10-14)27(31)32/h1-12,20-22,28H,13H2/t20?,21-,22-,25?/m0/s1. The Bertz CT molecular complexity index is 1270. The van der Waals surface area contributed by atoms with E-state index < -0.39 is 22.2 Å². The molecule has 7 heteroatoms. The molecular weight excluding hydrogens is 408 g/mol. The number of amides is 2. The van der Waals surface area contributed by atoms with Crippen LogP contribution in [-0.2, 0) is 15.0 Å². The fourth-order valence-corrected chi connectivity index (χ4v) is 6.18. The van der Waals surface area contributed by atoms with E-state index in [1.807, 2.05) is 48.5 Å². The number of non-ortho nitro benzene ring substituents is 1. The predicted octanol–water partition coefficient (Wildman–Crippen LogP) is 3.14. The van der Waals surface area contributed by atoms with Crippen molar-refractivity contribution in [1.82, 2.24) is 0 Å². The zero-order chi connectivity index (χ0) is 22.2. The number of aliphatic hydroxyl groups is 1. The van der Waals surface area contributed by atoms with Gasteiger partial charge in [0.15, 0.2) is 0 Å². The van der Waals surface area contributed by atoms with Crippen LogP contribution in [0.5, 0.6) is 0 Å². The SMILES string of the molecule is O=C1[C@@H]2[C@@H](C(=O)N1c1ccc([N+](=O)[O-])cc1)C1c3ccccc3C2(CO)c2ccccc21. The molecule has 0 radical (unpaired) electrons. The second kappa shape index (κ2) is 6.34. The molecule has 3 aromatic rings. The molecule has 1 aliphatic heterocycles. The molecule has 7 rings (SSSR count). The Balaban J connectivity index is 1.58. The first-order valence-corrected chi connectivity index (χ1v) is 10.4. The number of anilines is 1. The molecule has 0 spiro atoms. The second-order valence-corrected chi connectivity index (χ2v) is 8.57. The summed E-state index contributed by atoms with van der Waals surface area (Å²) >= 11 is 0. The molecule has 0 unspecified atom stereocenters. The first kappa shape index (κ1) is 18.9. The van der Waals surface area contributed by atoms with Gasteiger partial charge in [0.1, 0.15) is 0 Å². The van der Waals surface area contributed by atoms with Gasteiger partial charge in [-0.2, -0.15) is 0 Å². The number of carbonyl (C=O) groups is 2. The lowest BCUT2D eigenvalue weighted by atomic mass is 9.47. The van der Waals surface area contributed by atoms with Gasteiger partial charge >= 0.3 is 0 Å². The molecule has 158 valence electrons. The van der Waals surface area contributed by atoms with E-state index in [0.717, 1.165) is 27.2 Å². The highest BCUT2D eigenvalue weighted by molar-refractivity contribution is 6.23. The average Bonchev–Trinajstić information content (AvgIpc) is 3.10. The number of hydrogen-bond donors (Lipinski definition) is 1. The van der Waals surface area contributed by atoms with Crippen LogP contribution in [0.3, 0.4) is 0 Å². The molecule has 2 bridgehead atoms. The molecule has 1 N–H and O–H groups in total. The van der Waals surface area contributed by atoms with E-state index in [1.165, 1.54) is 24.3 Å². The van der Waals surface area contributed by atoms with Gasteiger partial charge in [0, 0.05) is 18.1 Å². The van der Waals surface area contributed by atoms with Gasteiger partial charge in [-0.1, -0.05) is 48.5 Å². The Morgan fingerprint density at radius 2 is 1.44 bits per heavy atom. The molecule has 2 amide bonds. The molecule has 3 aliphatic carbocycles. The highest BCUT2D eigenvalue weighted by atomic mass is 16.6. The third-order valence-corrected chi connectivity index (χ3v) is 7.36. The maximum absolute atomic E-state index is 13.8. The molecule has 0 aromatic heterocycles. The van der Waals surface area contributed by atoms with Crippen molar-refractivity contribution >= 4 is 23.2 Å². The smallest absolute Gasteiger partial charge is 0.269 e. The summed E-state index contributed by atoms with van der Waals surface area (Å²) in [6.07, 6.45) is 0. The number of hydrogen-bond acceptors (Lipinski definition) is 5. The van der Waals surface area contributed by atoms with E-state index in [1.54, 1.807) is 0 Å². The number of rotatable bonds is 3. The number of nitrogens with zero attached hydrogens (tertiary/aromatic N) is 2. The van der Waals surface area contributed by atoms with Crippen molar-refractivity contribution in [2.75, 3.05) is 11.5 Å². The Kier molecular flexibility index (Phi) is 3.74. The number of benzene rings is 3. The van der Waals surface area contributed by atoms with Crippen LogP contribution in [-0.4, -0.2) is 28.5 Å². The summed E-state index contributed by atoms with van der Waals surface area (Å²) in [5.74, 6) is -2.39. The summed E-state index contributed by atoms with van der Waals surface area (Å²) in [4.78, 5) is 39.2. The van der Waals surface area contributed by atoms with Gasteiger partial charge in [0.25, 0.3) is 5.69 Å². The predicted molar refractivity (Wildman–Crippen MR) is 115 cm³/mol. The summed E-state index contributed by atoms with van der Waals surface area (Å²) < 4.78 is 0. The van der Waals surface area contributed by atoms with Crippen LogP contribution in [0.2, 0.25) is 0 Å². The summed E-state index contributed by atoms with van der Waals surface area (Å²) in [6, 6.07) is 20.9. The van der Waals surface area contributed by atoms with E-state index in [2.05, 4.69) is 0 Å². The number of nitro groups is 1. The maximum Gasteiger partial charge on any atom is 0.269 e. The number of nitro benzene ring substituents is 1. The number of imide groups is 1. The molecule has 2 atom stereocenters. The normalized spacial score (nSPS) is 27.2. The molecule has 32 heavy (non-hydrogen) atoms. The molecule has 1 saturated heterocycles. The Labute approximate surface area is 183 Å². The first-order valence-electron chi connectivity index (χ1n) is 10.4. The number of aliphatic hydroxyl groups excluding tert-OH is 1. The summed E-state index contributed by atoms with van der Waals surface area (Å²) in [7, 11) is 0. The van der Waals surface area contributed by atoms with Gasteiger partial charge in [-0.05, 0) is 34.4 Å². The van der Waals surface area contributed by atoms with E-state index >= 15 is 0 Å². The monoisotopic (exact) mass is 426 g/mol. The lowest BCUT2D eigenvalue weighted by Crippen LogP contribution is -2.55. The van der Waals surface area contributed by atoms with Gasteiger partial charge in [0.2, 0.25) is 11.8 Å². The minimum absolute atomic E-state index is 0.114. The number of carbonyl (C=O) groups excluding carboxylic acids is 2. The summed E-state index contributed by atoms with van der Waals surface area (Å²) in [5, 5.41) is 21.8. The lowest BCUT2D eigenvalue weighted by Gasteiger charge is -2.53. The van der Waals surface area contributed by atoms with Crippen molar-refractivity contribution in [2.24, 2.45) is 11.8 Å². The van der Waals surface area contributed by atoms with E-state index in [-0.39, 0.29) is 30.0 Å². The van der Waals surface area contributed by atoms with Gasteiger partial charge in [-0.15, -0.1) is 0 Å². The third kappa shape index (κ3) is 2.08. The van der Waals surface area contributed by atoms with E-state index in [0.29, 0.717) is 5.69 Å². The zero-order valence-electron chi connectivity index (χ0n) is 16.8. The topological polar surface area (TPSA) is 101 Å². The average molecular weight is 426 g/mol. The maximum atomic E-state index is 13.8. The molecule has 1 heterocycles. The second-order valence-electron chi connectivity index (χ2n) is 8.57. The highest BCUT2D eigenvalue weighted by Gasteiger charge is 2.68. The Hall–Kier alpha value is -3.84. The van der Waals surface area contributed by atoms with Crippen molar-refractivity contribution in [2.45, 2.75) is 11.3 Å². The van der Waals surface area contributed by atoms with Crippen molar-refractivity contribution in [3.63, 3.8) is 0 Å². The molecule has 1 fully saturated rings. The van der Waals surface area contributed by atoms with E-state index in [4.69, 9.17) is 0 Å². The fourth-order valence-electron chi connectivity index (χ4n) is 6.18. The fraction of sp³-hybridized carbons (Fsp3) is 0.200. The van der Waals surface area contributed by atoms with Crippen molar-refractivity contribution in [1.29, 1.82) is 0 Å². The molecule has 0 saturated carbocycles. The van der Waals surface area contributed by atoms with Crippen LogP contribution in [0.15, 0.2) is 72.8 Å². The van der Waals surface area contributed by atoms with E-state index in [9.17, 15) is 24.8 Å². The Morgan fingerprint density at radius 3 is 1.97 bits per heavy atom. The minimum atomic E-state index is -1.02. The first-order chi connectivity index (χ1) is 15.5. The molecule has 7 nitrogen and oxygen atoms in total. The quantitative estimate of drug-likeness (QED) is 0.394. The highest BCUT2D eigenvalue weighted by Crippen LogP contribution is 2.64. The summed E-state index contributed by atoms with van der Waals surface area (Å²) in [5.41, 5.74) is 2.88. The van der Waals surface area contributed by atoms with Crippen molar-refractivity contribution in [3.05, 3.63) is 105 Å². The van der Waals surface area contributed by atoms with Gasteiger partial charge in [0.05, 0.1) is 34.5 Å². The van der Waals surface area contributed by atoms with Crippen LogP contribution in [0.1, 0.15) is 28.2 Å². The Morgan fingerprint density at radius 1 is 0.875 bits per heavy atom. The van der Waals surface area contributed by atoms with Gasteiger partial charge in [-0.25, -0.2) is 4.90 Å². The third-order valence-electron chi connectivity index (χ3n) is 7.36. The van der Waals surface area contributed by atoms with Crippen LogP contribution < -0.4 is 4.90 Å². The van der Waals surface area contributed by atoms with Crippen molar-refractivity contribution < 1.29 is 19.6 Å². The van der Waals surface area contributed by atoms with Crippen LogP contribution in [0.25, 0.3) is 0 Å². The summed E-state index contributed by atoms with van der Waals surface area (Å²) in [6.45, 7) is -0.304. The molecule has 3 aromatic carbocycles. The minimum Gasteiger partial charge on any atom is -0.395 e. The zero-order valence-corrected chi connectivity index (χ0v) is 16.8.